The third kappa shape index (κ3) is 2.36. The van der Waals surface area contributed by atoms with E-state index in [1.165, 1.54) is 0 Å². The van der Waals surface area contributed by atoms with Gasteiger partial charge in [0.15, 0.2) is 0 Å². The van der Waals surface area contributed by atoms with E-state index < -0.39 is 0 Å². The van der Waals surface area contributed by atoms with E-state index in [0.717, 1.165) is 28.3 Å². The van der Waals surface area contributed by atoms with Crippen molar-refractivity contribution in [3.63, 3.8) is 0 Å². The molecule has 2 aromatic rings. The summed E-state index contributed by atoms with van der Waals surface area (Å²) in [6.45, 7) is 5.70. The van der Waals surface area contributed by atoms with Crippen LogP contribution in [0, 0.1) is 10.8 Å². The Hall–Kier alpha value is -0.920. The molecule has 80 valence electrons. The average molecular weight is 317 g/mol. The normalized spacial score (nSPS) is 10.9. The van der Waals surface area contributed by atoms with E-state index in [1.54, 1.807) is 6.33 Å². The van der Waals surface area contributed by atoms with E-state index in [1.807, 2.05) is 16.3 Å². The molecule has 0 aliphatic rings. The predicted octanol–water partition coefficient (Wildman–Crippen LogP) is 1.46. The summed E-state index contributed by atoms with van der Waals surface area (Å²) >= 11 is 2.10. The molecule has 2 rings (SSSR count). The number of rotatable bonds is 3. The van der Waals surface area contributed by atoms with Crippen molar-refractivity contribution in [3.8, 4) is 0 Å². The zero-order valence-electron chi connectivity index (χ0n) is 8.68. The second kappa shape index (κ2) is 4.30. The molecule has 0 aliphatic heterocycles. The van der Waals surface area contributed by atoms with Gasteiger partial charge in [-0.25, -0.2) is 9.67 Å². The van der Waals surface area contributed by atoms with Crippen LogP contribution < -0.4 is 0 Å². The summed E-state index contributed by atoms with van der Waals surface area (Å²) in [6, 6.07) is 2.08. The number of nitrogens with zero attached hydrogens (tertiary/aromatic N) is 5. The van der Waals surface area contributed by atoms with Crippen LogP contribution in [0.5, 0.6) is 0 Å². The van der Waals surface area contributed by atoms with Crippen molar-refractivity contribution in [3.05, 3.63) is 27.6 Å². The van der Waals surface area contributed by atoms with Gasteiger partial charge in [0.25, 0.3) is 0 Å². The molecule has 6 heteroatoms. The summed E-state index contributed by atoms with van der Waals surface area (Å²) in [7, 11) is 0. The van der Waals surface area contributed by atoms with E-state index in [4.69, 9.17) is 0 Å². The molecule has 0 N–H and O–H groups in total. The lowest BCUT2D eigenvalue weighted by Gasteiger charge is -2.03. The Morgan fingerprint density at radius 3 is 2.80 bits per heavy atom. The summed E-state index contributed by atoms with van der Waals surface area (Å²) in [5.41, 5.74) is 2.21. The molecule has 0 radical (unpaired) electrons. The summed E-state index contributed by atoms with van der Waals surface area (Å²) in [5.74, 6) is 0. The first-order valence-electron chi connectivity index (χ1n) is 4.77. The van der Waals surface area contributed by atoms with Crippen molar-refractivity contribution in [2.45, 2.75) is 26.9 Å². The van der Waals surface area contributed by atoms with E-state index in [0.29, 0.717) is 0 Å². The number of aryl methyl sites for hydroxylation is 2. The van der Waals surface area contributed by atoms with Crippen LogP contribution in [0.2, 0.25) is 0 Å². The van der Waals surface area contributed by atoms with Gasteiger partial charge >= 0.3 is 0 Å². The molecule has 0 atom stereocenters. The Labute approximate surface area is 102 Å². The van der Waals surface area contributed by atoms with Crippen molar-refractivity contribution < 1.29 is 0 Å². The standard InChI is InChI=1S/C9H12IN5/c1-3-15-8(4-7(2)12-15)5-14-6-11-9(10)13-14/h4,6H,3,5H2,1-2H3. The van der Waals surface area contributed by atoms with Crippen LogP contribution in [-0.2, 0) is 13.1 Å². The lowest BCUT2D eigenvalue weighted by molar-refractivity contribution is 0.573. The zero-order chi connectivity index (χ0) is 10.8. The lowest BCUT2D eigenvalue weighted by atomic mass is 10.3. The fourth-order valence-electron chi connectivity index (χ4n) is 1.51. The van der Waals surface area contributed by atoms with Gasteiger partial charge in [-0.15, -0.1) is 5.10 Å². The van der Waals surface area contributed by atoms with Crippen LogP contribution in [-0.4, -0.2) is 24.5 Å². The van der Waals surface area contributed by atoms with Crippen molar-refractivity contribution in [1.29, 1.82) is 0 Å². The summed E-state index contributed by atoms with van der Waals surface area (Å²) in [4.78, 5) is 4.08. The van der Waals surface area contributed by atoms with Gasteiger partial charge in [0, 0.05) is 29.1 Å². The minimum absolute atomic E-state index is 0.727. The molecule has 0 fully saturated rings. The third-order valence-electron chi connectivity index (χ3n) is 2.12. The smallest absolute Gasteiger partial charge is 0.211 e. The fourth-order valence-corrected chi connectivity index (χ4v) is 1.92. The van der Waals surface area contributed by atoms with E-state index in [2.05, 4.69) is 50.8 Å². The molecule has 15 heavy (non-hydrogen) atoms. The molecule has 5 nitrogen and oxygen atoms in total. The van der Waals surface area contributed by atoms with Crippen LogP contribution >= 0.6 is 22.6 Å². The predicted molar refractivity (Wildman–Crippen MR) is 64.5 cm³/mol. The van der Waals surface area contributed by atoms with Crippen LogP contribution in [0.15, 0.2) is 12.4 Å². The van der Waals surface area contributed by atoms with Crippen LogP contribution in [0.25, 0.3) is 0 Å². The minimum atomic E-state index is 0.727. The van der Waals surface area contributed by atoms with Crippen LogP contribution in [0.4, 0.5) is 0 Å². The first-order chi connectivity index (χ1) is 7.19. The highest BCUT2D eigenvalue weighted by molar-refractivity contribution is 14.1. The monoisotopic (exact) mass is 317 g/mol. The number of hydrogen-bond acceptors (Lipinski definition) is 3. The van der Waals surface area contributed by atoms with E-state index in [-0.39, 0.29) is 0 Å². The van der Waals surface area contributed by atoms with Gasteiger partial charge < -0.3 is 0 Å². The molecule has 0 spiro atoms. The highest BCUT2D eigenvalue weighted by atomic mass is 127. The highest BCUT2D eigenvalue weighted by Gasteiger charge is 2.05. The first-order valence-corrected chi connectivity index (χ1v) is 5.85. The fraction of sp³-hybridized carbons (Fsp3) is 0.444. The summed E-state index contributed by atoms with van der Waals surface area (Å²) in [5, 5.41) is 8.63. The number of hydrogen-bond donors (Lipinski definition) is 0. The second-order valence-corrected chi connectivity index (χ2v) is 4.27. The molecule has 2 heterocycles. The Kier molecular flexibility index (Phi) is 3.03. The maximum Gasteiger partial charge on any atom is 0.211 e. The van der Waals surface area contributed by atoms with Crippen LogP contribution in [0.1, 0.15) is 18.3 Å². The van der Waals surface area contributed by atoms with Gasteiger partial charge in [0.1, 0.15) is 6.33 Å². The lowest BCUT2D eigenvalue weighted by Crippen LogP contribution is -2.08. The molecule has 0 aromatic carbocycles. The van der Waals surface area contributed by atoms with Gasteiger partial charge in [-0.2, -0.15) is 5.10 Å². The number of aromatic nitrogens is 5. The molecule has 0 saturated heterocycles. The molecule has 0 amide bonds. The Morgan fingerprint density at radius 1 is 1.40 bits per heavy atom. The molecule has 0 bridgehead atoms. The van der Waals surface area contributed by atoms with Crippen molar-refractivity contribution in [2.75, 3.05) is 0 Å². The molecule has 2 aromatic heterocycles. The molecular weight excluding hydrogens is 305 g/mol. The summed E-state index contributed by atoms with van der Waals surface area (Å²) in [6.07, 6.45) is 1.74. The van der Waals surface area contributed by atoms with E-state index >= 15 is 0 Å². The van der Waals surface area contributed by atoms with Gasteiger partial charge in [-0.3, -0.25) is 4.68 Å². The second-order valence-electron chi connectivity index (χ2n) is 3.30. The van der Waals surface area contributed by atoms with Gasteiger partial charge in [0.2, 0.25) is 3.83 Å². The Morgan fingerprint density at radius 2 is 2.20 bits per heavy atom. The maximum absolute atomic E-state index is 4.39. The van der Waals surface area contributed by atoms with E-state index in [9.17, 15) is 0 Å². The molecular formula is C9H12IN5. The third-order valence-corrected chi connectivity index (χ3v) is 2.61. The van der Waals surface area contributed by atoms with Crippen molar-refractivity contribution in [1.82, 2.24) is 24.5 Å². The number of halogens is 1. The van der Waals surface area contributed by atoms with Crippen LogP contribution in [0.3, 0.4) is 0 Å². The maximum atomic E-state index is 4.39. The Bertz CT molecular complexity index is 459. The van der Waals surface area contributed by atoms with Crippen molar-refractivity contribution in [2.24, 2.45) is 0 Å². The highest BCUT2D eigenvalue weighted by Crippen LogP contribution is 2.06. The molecule has 0 unspecified atom stereocenters. The zero-order valence-corrected chi connectivity index (χ0v) is 10.8. The summed E-state index contributed by atoms with van der Waals surface area (Å²) < 4.78 is 4.58. The average Bonchev–Trinajstić information content (AvgIpc) is 2.73. The SMILES string of the molecule is CCn1nc(C)cc1Cn1cnc(I)n1. The largest absolute Gasteiger partial charge is 0.268 e. The van der Waals surface area contributed by atoms with Gasteiger partial charge in [-0.05, 0) is 19.9 Å². The molecule has 0 saturated carbocycles. The Balaban J connectivity index is 2.23. The van der Waals surface area contributed by atoms with Crippen molar-refractivity contribution >= 4 is 22.6 Å². The minimum Gasteiger partial charge on any atom is -0.268 e. The quantitative estimate of drug-likeness (QED) is 0.805. The van der Waals surface area contributed by atoms with Gasteiger partial charge in [-0.1, -0.05) is 0 Å². The molecule has 0 aliphatic carbocycles. The topological polar surface area (TPSA) is 48.5 Å². The first kappa shape index (κ1) is 10.6. The van der Waals surface area contributed by atoms with Gasteiger partial charge in [0.05, 0.1) is 17.9 Å².